The number of aromatic nitrogens is 2. The summed E-state index contributed by atoms with van der Waals surface area (Å²) in [5.74, 6) is 0.970. The highest BCUT2D eigenvalue weighted by molar-refractivity contribution is 6.24. The molecule has 0 saturated heterocycles. The van der Waals surface area contributed by atoms with E-state index in [1.165, 1.54) is 43.1 Å². The van der Waals surface area contributed by atoms with Crippen LogP contribution in [0.25, 0.3) is 71.2 Å². The third kappa shape index (κ3) is 2.57. The second-order valence-corrected chi connectivity index (χ2v) is 9.23. The molecule has 0 N–H and O–H groups in total. The zero-order valence-corrected chi connectivity index (χ0v) is 18.9. The minimum Gasteiger partial charge on any atom is -0.292 e. The molecule has 0 spiro atoms. The maximum absolute atomic E-state index is 5.18. The number of hydrogen-bond donors (Lipinski definition) is 0. The molecule has 0 fully saturated rings. The van der Waals surface area contributed by atoms with Gasteiger partial charge in [-0.25, -0.2) is 4.98 Å². The quantitative estimate of drug-likeness (QED) is 0.244. The Morgan fingerprint density at radius 3 is 2.03 bits per heavy atom. The second kappa shape index (κ2) is 6.91. The largest absolute Gasteiger partial charge is 0.292 e. The lowest BCUT2D eigenvalue weighted by molar-refractivity contribution is 1.12. The van der Waals surface area contributed by atoms with Gasteiger partial charge in [0, 0.05) is 10.9 Å². The molecule has 35 heavy (non-hydrogen) atoms. The van der Waals surface area contributed by atoms with E-state index in [1.54, 1.807) is 0 Å². The average Bonchev–Trinajstić information content (AvgIpc) is 3.30. The molecule has 0 aliphatic rings. The van der Waals surface area contributed by atoms with Crippen LogP contribution in [0.5, 0.6) is 0 Å². The zero-order valence-electron chi connectivity index (χ0n) is 18.9. The molecular weight excluding hydrogens is 424 g/mol. The van der Waals surface area contributed by atoms with Crippen LogP contribution in [0.4, 0.5) is 0 Å². The Morgan fingerprint density at radius 2 is 1.11 bits per heavy atom. The molecule has 8 rings (SSSR count). The maximum atomic E-state index is 5.18. The normalized spacial score (nSPS) is 12.0. The summed E-state index contributed by atoms with van der Waals surface area (Å²) < 4.78 is 2.35. The topological polar surface area (TPSA) is 17.8 Å². The lowest BCUT2D eigenvalue weighted by Gasteiger charge is -2.17. The first kappa shape index (κ1) is 18.7. The third-order valence-corrected chi connectivity index (χ3v) is 7.34. The van der Waals surface area contributed by atoms with E-state index in [4.69, 9.17) is 4.98 Å². The van der Waals surface area contributed by atoms with Gasteiger partial charge in [-0.05, 0) is 55.9 Å². The molecule has 2 nitrogen and oxygen atoms in total. The summed E-state index contributed by atoms with van der Waals surface area (Å²) in [5, 5.41) is 10.2. The number of fused-ring (bicyclic) bond motifs is 2. The van der Waals surface area contributed by atoms with Crippen molar-refractivity contribution in [2.24, 2.45) is 0 Å². The number of imidazole rings is 1. The summed E-state index contributed by atoms with van der Waals surface area (Å²) in [5.41, 5.74) is 4.42. The average molecular weight is 445 g/mol. The Hall–Kier alpha value is -4.69. The highest BCUT2D eigenvalue weighted by Crippen LogP contribution is 2.40. The number of para-hydroxylation sites is 2. The van der Waals surface area contributed by atoms with E-state index in [9.17, 15) is 0 Å². The molecule has 2 heteroatoms. The number of nitrogens with zero attached hydrogens (tertiary/aromatic N) is 2. The molecule has 0 saturated carbocycles. The summed E-state index contributed by atoms with van der Waals surface area (Å²) >= 11 is 0. The van der Waals surface area contributed by atoms with Crippen molar-refractivity contribution in [1.29, 1.82) is 0 Å². The van der Waals surface area contributed by atoms with Crippen LogP contribution in [0.3, 0.4) is 0 Å². The Kier molecular flexibility index (Phi) is 3.69. The monoisotopic (exact) mass is 444 g/mol. The molecule has 0 aliphatic heterocycles. The van der Waals surface area contributed by atoms with Crippen LogP contribution in [-0.2, 0) is 0 Å². The lowest BCUT2D eigenvalue weighted by Crippen LogP contribution is -2.00. The van der Waals surface area contributed by atoms with Crippen molar-refractivity contribution in [2.45, 2.75) is 0 Å². The van der Waals surface area contributed by atoms with Gasteiger partial charge in [0.2, 0.25) is 0 Å². The van der Waals surface area contributed by atoms with E-state index in [0.717, 1.165) is 28.1 Å². The Balaban J connectivity index is 1.55. The summed E-state index contributed by atoms with van der Waals surface area (Å²) in [6.45, 7) is 0. The SMILES string of the molecule is c1ccc2c(-c3nc4ccccc4n3-c3ccc4ccc5cccc6ccc3c4c56)cccc2c1. The van der Waals surface area contributed by atoms with Crippen molar-refractivity contribution in [3.63, 3.8) is 0 Å². The third-order valence-electron chi connectivity index (χ3n) is 7.34. The fourth-order valence-electron chi connectivity index (χ4n) is 5.79. The van der Waals surface area contributed by atoms with Crippen molar-refractivity contribution < 1.29 is 0 Å². The fraction of sp³-hybridized carbons (Fsp3) is 0. The predicted molar refractivity (Wildman–Crippen MR) is 148 cm³/mol. The highest BCUT2D eigenvalue weighted by atomic mass is 15.1. The van der Waals surface area contributed by atoms with Gasteiger partial charge in [-0.3, -0.25) is 4.57 Å². The number of rotatable bonds is 2. The first-order valence-electron chi connectivity index (χ1n) is 12.0. The predicted octanol–water partition coefficient (Wildman–Crippen LogP) is 8.74. The van der Waals surface area contributed by atoms with E-state index in [-0.39, 0.29) is 0 Å². The van der Waals surface area contributed by atoms with E-state index < -0.39 is 0 Å². The molecule has 7 aromatic carbocycles. The van der Waals surface area contributed by atoms with Crippen molar-refractivity contribution in [2.75, 3.05) is 0 Å². The fourth-order valence-corrected chi connectivity index (χ4v) is 5.79. The molecule has 0 atom stereocenters. The Bertz CT molecular complexity index is 2040. The molecule has 0 bridgehead atoms. The van der Waals surface area contributed by atoms with Gasteiger partial charge in [-0.1, -0.05) is 103 Å². The van der Waals surface area contributed by atoms with E-state index >= 15 is 0 Å². The van der Waals surface area contributed by atoms with Crippen molar-refractivity contribution in [3.05, 3.63) is 121 Å². The molecule has 1 aromatic heterocycles. The first-order chi connectivity index (χ1) is 17.4. The second-order valence-electron chi connectivity index (χ2n) is 9.23. The van der Waals surface area contributed by atoms with Crippen LogP contribution in [0.1, 0.15) is 0 Å². The van der Waals surface area contributed by atoms with Crippen LogP contribution in [-0.4, -0.2) is 9.55 Å². The summed E-state index contributed by atoms with van der Waals surface area (Å²) in [6.07, 6.45) is 0. The van der Waals surface area contributed by atoms with E-state index in [2.05, 4.69) is 126 Å². The maximum Gasteiger partial charge on any atom is 0.146 e. The van der Waals surface area contributed by atoms with Crippen molar-refractivity contribution >= 4 is 54.1 Å². The van der Waals surface area contributed by atoms with Gasteiger partial charge in [0.05, 0.1) is 16.7 Å². The minimum atomic E-state index is 0.970. The molecule has 8 aromatic rings. The van der Waals surface area contributed by atoms with Gasteiger partial charge in [0.25, 0.3) is 0 Å². The van der Waals surface area contributed by atoms with Crippen molar-refractivity contribution in [3.8, 4) is 17.1 Å². The number of benzene rings is 7. The Labute approximate surface area is 202 Å². The van der Waals surface area contributed by atoms with Crippen LogP contribution in [0.2, 0.25) is 0 Å². The van der Waals surface area contributed by atoms with Crippen LogP contribution < -0.4 is 0 Å². The molecule has 1 heterocycles. The molecule has 0 aliphatic carbocycles. The minimum absolute atomic E-state index is 0.970. The highest BCUT2D eigenvalue weighted by Gasteiger charge is 2.19. The number of hydrogen-bond acceptors (Lipinski definition) is 1. The smallest absolute Gasteiger partial charge is 0.146 e. The molecule has 0 amide bonds. The summed E-state index contributed by atoms with van der Waals surface area (Å²) in [7, 11) is 0. The summed E-state index contributed by atoms with van der Waals surface area (Å²) in [6, 6.07) is 43.6. The van der Waals surface area contributed by atoms with Crippen LogP contribution in [0.15, 0.2) is 121 Å². The van der Waals surface area contributed by atoms with Crippen LogP contribution >= 0.6 is 0 Å². The molecule has 0 radical (unpaired) electrons. The van der Waals surface area contributed by atoms with E-state index in [0.29, 0.717) is 0 Å². The van der Waals surface area contributed by atoms with E-state index in [1.807, 2.05) is 0 Å². The van der Waals surface area contributed by atoms with Crippen LogP contribution in [0, 0.1) is 0 Å². The van der Waals surface area contributed by atoms with Gasteiger partial charge in [-0.15, -0.1) is 0 Å². The van der Waals surface area contributed by atoms with Crippen molar-refractivity contribution in [1.82, 2.24) is 9.55 Å². The Morgan fingerprint density at radius 1 is 0.457 bits per heavy atom. The van der Waals surface area contributed by atoms with Gasteiger partial charge in [-0.2, -0.15) is 0 Å². The van der Waals surface area contributed by atoms with Gasteiger partial charge >= 0.3 is 0 Å². The molecule has 0 unspecified atom stereocenters. The molecular formula is C33H20N2. The van der Waals surface area contributed by atoms with Gasteiger partial charge in [0.15, 0.2) is 0 Å². The standard InChI is InChI=1S/C33H20N2/c1-2-11-25-21(7-1)8-6-12-26(25)33-34-28-13-3-4-14-30(28)35(33)29-20-18-24-16-15-22-9-5-10-23-17-19-27(29)32(24)31(22)23/h1-20H. The lowest BCUT2D eigenvalue weighted by atomic mass is 9.93. The molecule has 162 valence electrons. The van der Waals surface area contributed by atoms with Gasteiger partial charge < -0.3 is 0 Å². The summed E-state index contributed by atoms with van der Waals surface area (Å²) in [4.78, 5) is 5.18. The van der Waals surface area contributed by atoms with Gasteiger partial charge in [0.1, 0.15) is 5.82 Å². The first-order valence-corrected chi connectivity index (χ1v) is 12.0. The zero-order chi connectivity index (χ0) is 22.9.